The van der Waals surface area contributed by atoms with Crippen LogP contribution in [0.5, 0.6) is 0 Å². The Morgan fingerprint density at radius 2 is 2.09 bits per heavy atom. The van der Waals surface area contributed by atoms with E-state index in [1.54, 1.807) is 5.38 Å². The third kappa shape index (κ3) is 2.85. The largest absolute Gasteiger partial charge is 0.453 e. The summed E-state index contributed by atoms with van der Waals surface area (Å²) in [6.07, 6.45) is -4.63. The Balaban J connectivity index is 1.82. The molecule has 0 aromatic carbocycles. The van der Waals surface area contributed by atoms with Crippen LogP contribution in [0.3, 0.4) is 0 Å². The molecule has 0 saturated heterocycles. The molecule has 0 bridgehead atoms. The fourth-order valence-electron chi connectivity index (χ4n) is 1.73. The molecule has 116 valence electrons. The highest BCUT2D eigenvalue weighted by Gasteiger charge is 2.37. The van der Waals surface area contributed by atoms with Crippen molar-refractivity contribution in [1.82, 2.24) is 24.8 Å². The Morgan fingerprint density at radius 3 is 2.77 bits per heavy atom. The van der Waals surface area contributed by atoms with E-state index in [0.29, 0.717) is 15.2 Å². The molecule has 11 heteroatoms. The highest BCUT2D eigenvalue weighted by Crippen LogP contribution is 2.27. The normalized spacial score (nSPS) is 12.0. The van der Waals surface area contributed by atoms with Gasteiger partial charge in [0.2, 0.25) is 0 Å². The quantitative estimate of drug-likeness (QED) is 0.757. The lowest BCUT2D eigenvalue weighted by molar-refractivity contribution is -0.146. The maximum atomic E-state index is 12.8. The topological polar surface area (TPSA) is 88.2 Å². The van der Waals surface area contributed by atoms with Crippen LogP contribution >= 0.6 is 11.3 Å². The Kier molecular flexibility index (Phi) is 3.66. The molecule has 0 aliphatic rings. The van der Waals surface area contributed by atoms with Gasteiger partial charge < -0.3 is 10.4 Å². The summed E-state index contributed by atoms with van der Waals surface area (Å²) in [6.45, 7) is 0.128. The molecule has 0 saturated carbocycles. The van der Waals surface area contributed by atoms with E-state index in [1.807, 2.05) is 0 Å². The molecule has 0 spiro atoms. The molecule has 3 aromatic rings. The number of alkyl halides is 3. The molecule has 3 rings (SSSR count). The molecule has 2 N–H and O–H groups in total. The van der Waals surface area contributed by atoms with Gasteiger partial charge in [-0.3, -0.25) is 0 Å². The van der Waals surface area contributed by atoms with Gasteiger partial charge >= 0.3 is 6.18 Å². The number of aliphatic hydroxyl groups excluding tert-OH is 1. The Hall–Kier alpha value is -2.27. The summed E-state index contributed by atoms with van der Waals surface area (Å²) in [4.78, 5) is 4.12. The smallest absolute Gasteiger partial charge is 0.390 e. The lowest BCUT2D eigenvalue weighted by Gasteiger charge is -2.06. The first-order valence-corrected chi connectivity index (χ1v) is 6.93. The minimum atomic E-state index is -4.63. The lowest BCUT2D eigenvalue weighted by atomic mass is 10.5. The maximum Gasteiger partial charge on any atom is 0.453 e. The van der Waals surface area contributed by atoms with Crippen LogP contribution in [0.2, 0.25) is 0 Å². The Labute approximate surface area is 125 Å². The predicted molar refractivity (Wildman–Crippen MR) is 71.1 cm³/mol. The molecular weight excluding hydrogens is 321 g/mol. The molecule has 0 atom stereocenters. The zero-order valence-electron chi connectivity index (χ0n) is 10.9. The van der Waals surface area contributed by atoms with Crippen molar-refractivity contribution < 1.29 is 18.3 Å². The van der Waals surface area contributed by atoms with Crippen molar-refractivity contribution in [2.45, 2.75) is 19.3 Å². The molecule has 0 unspecified atom stereocenters. The van der Waals surface area contributed by atoms with Crippen LogP contribution < -0.4 is 5.32 Å². The molecule has 7 nitrogen and oxygen atoms in total. The van der Waals surface area contributed by atoms with Crippen molar-refractivity contribution in [3.8, 4) is 0 Å². The number of halogens is 3. The summed E-state index contributed by atoms with van der Waals surface area (Å²) >= 11 is 1.33. The van der Waals surface area contributed by atoms with Crippen molar-refractivity contribution in [1.29, 1.82) is 0 Å². The van der Waals surface area contributed by atoms with E-state index < -0.39 is 12.0 Å². The van der Waals surface area contributed by atoms with Gasteiger partial charge in [-0.1, -0.05) is 0 Å². The zero-order chi connectivity index (χ0) is 15.7. The van der Waals surface area contributed by atoms with Crippen molar-refractivity contribution in [3.63, 3.8) is 0 Å². The van der Waals surface area contributed by atoms with Crippen molar-refractivity contribution in [2.24, 2.45) is 0 Å². The molecule has 0 amide bonds. The first-order chi connectivity index (χ1) is 10.5. The number of hydrogen-bond donors (Lipinski definition) is 2. The van der Waals surface area contributed by atoms with Crippen LogP contribution in [0.1, 0.15) is 16.5 Å². The first-order valence-electron chi connectivity index (χ1n) is 6.05. The number of rotatable bonds is 4. The van der Waals surface area contributed by atoms with E-state index in [4.69, 9.17) is 5.11 Å². The van der Waals surface area contributed by atoms with Crippen LogP contribution in [0, 0.1) is 0 Å². The average Bonchev–Trinajstić information content (AvgIpc) is 3.10. The van der Waals surface area contributed by atoms with E-state index >= 15 is 0 Å². The third-order valence-corrected chi connectivity index (χ3v) is 3.60. The summed E-state index contributed by atoms with van der Waals surface area (Å²) in [7, 11) is 0. The van der Waals surface area contributed by atoms with Gasteiger partial charge in [-0.05, 0) is 12.1 Å². The van der Waals surface area contributed by atoms with Crippen LogP contribution in [-0.4, -0.2) is 29.9 Å². The average molecular weight is 330 g/mol. The number of anilines is 1. The molecule has 0 fully saturated rings. The maximum absolute atomic E-state index is 12.8. The summed E-state index contributed by atoms with van der Waals surface area (Å²) in [5, 5.41) is 24.5. The molecule has 0 aliphatic heterocycles. The van der Waals surface area contributed by atoms with Crippen LogP contribution in [-0.2, 0) is 19.3 Å². The van der Waals surface area contributed by atoms with E-state index in [0.717, 1.165) is 0 Å². The van der Waals surface area contributed by atoms with Gasteiger partial charge in [0.25, 0.3) is 5.82 Å². The van der Waals surface area contributed by atoms with Gasteiger partial charge in [0.15, 0.2) is 5.65 Å². The Bertz CT molecular complexity index is 799. The minimum absolute atomic E-state index is 0.00897. The monoisotopic (exact) mass is 330 g/mol. The van der Waals surface area contributed by atoms with E-state index in [2.05, 4.69) is 25.6 Å². The number of hydrogen-bond acceptors (Lipinski definition) is 7. The van der Waals surface area contributed by atoms with Gasteiger partial charge in [0.05, 0.1) is 18.8 Å². The third-order valence-electron chi connectivity index (χ3n) is 2.70. The summed E-state index contributed by atoms with van der Waals surface area (Å²) < 4.78 is 38.9. The fraction of sp³-hybridized carbons (Fsp3) is 0.273. The van der Waals surface area contributed by atoms with Gasteiger partial charge in [0.1, 0.15) is 10.8 Å². The van der Waals surface area contributed by atoms with Crippen LogP contribution in [0.4, 0.5) is 19.0 Å². The number of fused-ring (bicyclic) bond motifs is 1. The molecule has 22 heavy (non-hydrogen) atoms. The van der Waals surface area contributed by atoms with Crippen molar-refractivity contribution in [3.05, 3.63) is 34.0 Å². The number of thiazole rings is 1. The van der Waals surface area contributed by atoms with E-state index in [1.165, 1.54) is 23.5 Å². The highest BCUT2D eigenvalue weighted by atomic mass is 32.1. The number of aromatic nitrogens is 5. The van der Waals surface area contributed by atoms with Gasteiger partial charge in [-0.2, -0.15) is 17.7 Å². The van der Waals surface area contributed by atoms with Crippen LogP contribution in [0.25, 0.3) is 5.65 Å². The SMILES string of the molecule is OCc1csc(CNc2ccc3nnc(C(F)(F)F)n3n2)n1. The van der Waals surface area contributed by atoms with E-state index in [-0.39, 0.29) is 24.6 Å². The molecule has 0 radical (unpaired) electrons. The van der Waals surface area contributed by atoms with Gasteiger partial charge in [-0.25, -0.2) is 4.98 Å². The second-order valence-electron chi connectivity index (χ2n) is 4.25. The van der Waals surface area contributed by atoms with Crippen molar-refractivity contribution >= 4 is 22.8 Å². The summed E-state index contributed by atoms with van der Waals surface area (Å²) in [6, 6.07) is 2.89. The second-order valence-corrected chi connectivity index (χ2v) is 5.20. The summed E-state index contributed by atoms with van der Waals surface area (Å²) in [5.74, 6) is -0.943. The van der Waals surface area contributed by atoms with E-state index in [9.17, 15) is 13.2 Å². The van der Waals surface area contributed by atoms with Crippen LogP contribution in [0.15, 0.2) is 17.5 Å². The van der Waals surface area contributed by atoms with Gasteiger partial charge in [0, 0.05) is 5.38 Å². The second kappa shape index (κ2) is 5.50. The highest BCUT2D eigenvalue weighted by molar-refractivity contribution is 7.09. The molecule has 3 heterocycles. The minimum Gasteiger partial charge on any atom is -0.390 e. The number of nitrogens with one attached hydrogen (secondary N) is 1. The lowest BCUT2D eigenvalue weighted by Crippen LogP contribution is -2.13. The van der Waals surface area contributed by atoms with Crippen molar-refractivity contribution in [2.75, 3.05) is 5.32 Å². The number of aliphatic hydroxyl groups is 1. The standard InChI is InChI=1S/C11H9F3N6OS/c12-11(13,14)10-18-17-8-2-1-7(19-20(8)10)15-3-9-16-6(4-21)5-22-9/h1-2,5,21H,3-4H2,(H,15,19). The number of nitrogens with zero attached hydrogens (tertiary/aromatic N) is 5. The van der Waals surface area contributed by atoms with Gasteiger partial charge in [-0.15, -0.1) is 26.6 Å². The fourth-order valence-corrected chi connectivity index (χ4v) is 2.45. The predicted octanol–water partition coefficient (Wildman–Crippen LogP) is 1.70. The molecular formula is C11H9F3N6OS. The molecule has 3 aromatic heterocycles. The first kappa shape index (κ1) is 14.7. The Morgan fingerprint density at radius 1 is 1.27 bits per heavy atom. The zero-order valence-corrected chi connectivity index (χ0v) is 11.7. The summed E-state index contributed by atoms with van der Waals surface area (Å²) in [5.41, 5.74) is 0.554. The molecule has 0 aliphatic carbocycles.